The molecule has 3 amide bonds. The molecule has 2 aromatic rings. The normalized spacial score (nSPS) is 11.6. The van der Waals surface area contributed by atoms with Crippen molar-refractivity contribution in [2.24, 2.45) is 0 Å². The average molecular weight is 456 g/mol. The monoisotopic (exact) mass is 455 g/mol. The van der Waals surface area contributed by atoms with Crippen LogP contribution in [0.3, 0.4) is 0 Å². The fourth-order valence-corrected chi connectivity index (χ4v) is 2.71. The van der Waals surface area contributed by atoms with E-state index in [-0.39, 0.29) is 24.4 Å². The Balaban J connectivity index is 1.89. The number of hydrogen-bond donors (Lipinski definition) is 3. The van der Waals surface area contributed by atoms with Crippen LogP contribution in [-0.4, -0.2) is 42.1 Å². The van der Waals surface area contributed by atoms with Gasteiger partial charge in [0.2, 0.25) is 5.91 Å². The number of alkyl carbamates (subject to hydrolysis) is 2. The molecule has 1 atom stereocenters. The van der Waals surface area contributed by atoms with Crippen LogP contribution in [0.2, 0.25) is 0 Å². The summed E-state index contributed by atoms with van der Waals surface area (Å²) in [5.41, 5.74) is 0.582. The van der Waals surface area contributed by atoms with Crippen LogP contribution in [0.5, 0.6) is 0 Å². The summed E-state index contributed by atoms with van der Waals surface area (Å²) in [6, 6.07) is 14.6. The summed E-state index contributed by atoms with van der Waals surface area (Å²) in [5.74, 6) is -0.952. The maximum atomic E-state index is 12.8. The lowest BCUT2D eigenvalue weighted by molar-refractivity contribution is -0.115. The fraction of sp³-hybridized carbons (Fsp3) is 0.333. The molecule has 0 radical (unpaired) electrons. The lowest BCUT2D eigenvalue weighted by atomic mass is 10.0. The number of anilines is 1. The first-order valence-electron chi connectivity index (χ1n) is 10.4. The second-order valence-electron chi connectivity index (χ2n) is 8.24. The zero-order valence-corrected chi connectivity index (χ0v) is 19.1. The molecule has 0 aliphatic carbocycles. The number of carbonyl (C=O) groups excluding carboxylic acids is 4. The Morgan fingerprint density at radius 3 is 2.21 bits per heavy atom. The Labute approximate surface area is 192 Å². The van der Waals surface area contributed by atoms with Crippen molar-refractivity contribution in [3.8, 4) is 0 Å². The van der Waals surface area contributed by atoms with Crippen molar-refractivity contribution in [1.82, 2.24) is 10.6 Å². The van der Waals surface area contributed by atoms with E-state index in [0.717, 1.165) is 5.56 Å². The van der Waals surface area contributed by atoms with Gasteiger partial charge in [-0.2, -0.15) is 0 Å². The van der Waals surface area contributed by atoms with Crippen LogP contribution in [0, 0.1) is 0 Å². The van der Waals surface area contributed by atoms with Crippen LogP contribution in [0.25, 0.3) is 0 Å². The van der Waals surface area contributed by atoms with Crippen molar-refractivity contribution in [3.05, 3.63) is 65.7 Å². The van der Waals surface area contributed by atoms with Crippen LogP contribution in [-0.2, 0) is 20.9 Å². The number of amides is 3. The van der Waals surface area contributed by atoms with Crippen LogP contribution < -0.4 is 16.0 Å². The molecule has 0 fully saturated rings. The van der Waals surface area contributed by atoms with Gasteiger partial charge in [-0.25, -0.2) is 9.59 Å². The van der Waals surface area contributed by atoms with E-state index in [2.05, 4.69) is 16.0 Å². The number of Topliss-reactive ketones (excluding diaryl/α,β-unsaturated/α-hetero) is 1. The quantitative estimate of drug-likeness (QED) is 0.522. The minimum atomic E-state index is -0.885. The van der Waals surface area contributed by atoms with Crippen LogP contribution >= 0.6 is 0 Å². The Kier molecular flexibility index (Phi) is 8.97. The van der Waals surface area contributed by atoms with E-state index in [4.69, 9.17) is 9.47 Å². The third kappa shape index (κ3) is 9.02. The largest absolute Gasteiger partial charge is 0.445 e. The van der Waals surface area contributed by atoms with Crippen molar-refractivity contribution in [2.45, 2.75) is 45.9 Å². The van der Waals surface area contributed by atoms with Gasteiger partial charge in [0.15, 0.2) is 5.78 Å². The van der Waals surface area contributed by atoms with Gasteiger partial charge in [-0.3, -0.25) is 9.59 Å². The predicted octanol–water partition coefficient (Wildman–Crippen LogP) is 3.65. The molecule has 0 aromatic heterocycles. The van der Waals surface area contributed by atoms with Crippen LogP contribution in [0.4, 0.5) is 15.3 Å². The molecule has 0 aliphatic rings. The summed E-state index contributed by atoms with van der Waals surface area (Å²) in [6.45, 7) is 6.41. The Hall–Kier alpha value is -3.88. The summed E-state index contributed by atoms with van der Waals surface area (Å²) in [7, 11) is 0. The summed E-state index contributed by atoms with van der Waals surface area (Å²) in [5, 5.41) is 7.44. The summed E-state index contributed by atoms with van der Waals surface area (Å²) in [4.78, 5) is 48.9. The van der Waals surface area contributed by atoms with Crippen molar-refractivity contribution in [2.75, 3.05) is 11.9 Å². The molecule has 2 aromatic carbocycles. The van der Waals surface area contributed by atoms with Gasteiger partial charge in [0.1, 0.15) is 18.8 Å². The van der Waals surface area contributed by atoms with E-state index in [9.17, 15) is 19.2 Å². The van der Waals surface area contributed by atoms with Crippen molar-refractivity contribution in [1.29, 1.82) is 0 Å². The number of para-hydroxylation sites is 1. The topological polar surface area (TPSA) is 123 Å². The number of ether oxygens (including phenoxy) is 2. The lowest BCUT2D eigenvalue weighted by Crippen LogP contribution is -2.42. The highest BCUT2D eigenvalue weighted by Gasteiger charge is 2.23. The number of nitrogens with one attached hydrogen (secondary N) is 3. The standard InChI is InChI=1S/C24H29N3O6/c1-16(26-23(31)33-24(2,3)4)21(29)18-12-8-9-13-19(18)27-20(28)14-25-22(30)32-15-17-10-6-5-7-11-17/h5-13,16H,14-15H2,1-4H3,(H,25,30)(H,26,31)(H,27,28). The van der Waals surface area contributed by atoms with E-state index in [1.54, 1.807) is 39.0 Å². The van der Waals surface area contributed by atoms with E-state index >= 15 is 0 Å². The third-order valence-corrected chi connectivity index (χ3v) is 4.20. The number of carbonyl (C=O) groups is 4. The number of benzene rings is 2. The molecule has 33 heavy (non-hydrogen) atoms. The molecule has 0 saturated heterocycles. The molecular formula is C24H29N3O6. The average Bonchev–Trinajstić information content (AvgIpc) is 2.75. The molecule has 0 aliphatic heterocycles. The maximum Gasteiger partial charge on any atom is 0.408 e. The van der Waals surface area contributed by atoms with Gasteiger partial charge in [-0.15, -0.1) is 0 Å². The Morgan fingerprint density at radius 2 is 1.55 bits per heavy atom. The zero-order valence-electron chi connectivity index (χ0n) is 19.1. The third-order valence-electron chi connectivity index (χ3n) is 4.20. The van der Waals surface area contributed by atoms with Gasteiger partial charge in [0.25, 0.3) is 0 Å². The second-order valence-corrected chi connectivity index (χ2v) is 8.24. The molecule has 2 rings (SSSR count). The minimum Gasteiger partial charge on any atom is -0.445 e. The fourth-order valence-electron chi connectivity index (χ4n) is 2.71. The van der Waals surface area contributed by atoms with Gasteiger partial charge < -0.3 is 25.4 Å². The summed E-state index contributed by atoms with van der Waals surface area (Å²) in [6.07, 6.45) is -1.46. The SMILES string of the molecule is CC(NC(=O)OC(C)(C)C)C(=O)c1ccccc1NC(=O)CNC(=O)OCc1ccccc1. The zero-order chi connectivity index (χ0) is 24.4. The number of hydrogen-bond acceptors (Lipinski definition) is 6. The molecule has 0 heterocycles. The molecule has 3 N–H and O–H groups in total. The first kappa shape index (κ1) is 25.4. The minimum absolute atomic E-state index is 0.0775. The van der Waals surface area contributed by atoms with Gasteiger partial charge in [-0.1, -0.05) is 42.5 Å². The Morgan fingerprint density at radius 1 is 0.909 bits per heavy atom. The second kappa shape index (κ2) is 11.7. The number of rotatable bonds is 8. The highest BCUT2D eigenvalue weighted by molar-refractivity contribution is 6.08. The molecule has 0 saturated carbocycles. The first-order chi connectivity index (χ1) is 15.5. The van der Waals surface area contributed by atoms with Crippen LogP contribution in [0.1, 0.15) is 43.6 Å². The number of ketones is 1. The van der Waals surface area contributed by atoms with Gasteiger partial charge in [-0.05, 0) is 45.4 Å². The first-order valence-corrected chi connectivity index (χ1v) is 10.4. The Bertz CT molecular complexity index is 985. The van der Waals surface area contributed by atoms with Gasteiger partial charge in [0.05, 0.1) is 11.7 Å². The van der Waals surface area contributed by atoms with Crippen molar-refractivity contribution >= 4 is 29.6 Å². The van der Waals surface area contributed by atoms with Gasteiger partial charge >= 0.3 is 12.2 Å². The lowest BCUT2D eigenvalue weighted by Gasteiger charge is -2.22. The highest BCUT2D eigenvalue weighted by Crippen LogP contribution is 2.17. The van der Waals surface area contributed by atoms with Crippen molar-refractivity contribution < 1.29 is 28.7 Å². The molecular weight excluding hydrogens is 426 g/mol. The molecule has 0 bridgehead atoms. The van der Waals surface area contributed by atoms with Gasteiger partial charge in [0, 0.05) is 5.56 Å². The summed E-state index contributed by atoms with van der Waals surface area (Å²) < 4.78 is 10.2. The van der Waals surface area contributed by atoms with E-state index in [1.807, 2.05) is 30.3 Å². The van der Waals surface area contributed by atoms with E-state index < -0.39 is 35.5 Å². The molecule has 1 unspecified atom stereocenters. The summed E-state index contributed by atoms with van der Waals surface area (Å²) >= 11 is 0. The van der Waals surface area contributed by atoms with Crippen molar-refractivity contribution in [3.63, 3.8) is 0 Å². The highest BCUT2D eigenvalue weighted by atomic mass is 16.6. The predicted molar refractivity (Wildman–Crippen MR) is 123 cm³/mol. The molecule has 0 spiro atoms. The van der Waals surface area contributed by atoms with Crippen LogP contribution in [0.15, 0.2) is 54.6 Å². The van der Waals surface area contributed by atoms with E-state index in [0.29, 0.717) is 0 Å². The molecule has 176 valence electrons. The molecule has 9 nitrogen and oxygen atoms in total. The maximum absolute atomic E-state index is 12.8. The van der Waals surface area contributed by atoms with E-state index in [1.165, 1.54) is 13.0 Å². The molecule has 9 heteroatoms. The smallest absolute Gasteiger partial charge is 0.408 e.